The van der Waals surface area contributed by atoms with Gasteiger partial charge in [0.1, 0.15) is 11.4 Å². The van der Waals surface area contributed by atoms with Crippen molar-refractivity contribution in [3.63, 3.8) is 0 Å². The normalized spacial score (nSPS) is 11.2. The molecule has 1 amide bonds. The molecule has 0 bridgehead atoms. The molecular formula is C19H25N3O2. The van der Waals surface area contributed by atoms with E-state index in [0.717, 1.165) is 17.1 Å². The lowest BCUT2D eigenvalue weighted by molar-refractivity contribution is 0.0914. The second-order valence-corrected chi connectivity index (χ2v) is 6.92. The van der Waals surface area contributed by atoms with Crippen LogP contribution in [-0.2, 0) is 0 Å². The van der Waals surface area contributed by atoms with Gasteiger partial charge in [0.25, 0.3) is 5.91 Å². The first-order valence-electron chi connectivity index (χ1n) is 8.06. The molecule has 0 saturated heterocycles. The third-order valence-corrected chi connectivity index (χ3v) is 3.01. The molecule has 0 saturated carbocycles. The molecule has 2 N–H and O–H groups in total. The molecule has 0 unspecified atom stereocenters. The van der Waals surface area contributed by atoms with Crippen molar-refractivity contribution in [1.29, 1.82) is 0 Å². The molecule has 0 atom stereocenters. The smallest absolute Gasteiger partial charge is 0.270 e. The zero-order chi connectivity index (χ0) is 17.7. The SMILES string of the molecule is CC(C)Oc1ccccc1Nc1ccnc(C(=O)NC(C)(C)C)c1. The summed E-state index contributed by atoms with van der Waals surface area (Å²) in [7, 11) is 0. The first-order chi connectivity index (χ1) is 11.2. The van der Waals surface area contributed by atoms with Crippen LogP contribution < -0.4 is 15.4 Å². The Labute approximate surface area is 143 Å². The van der Waals surface area contributed by atoms with Gasteiger partial charge in [-0.1, -0.05) is 12.1 Å². The number of carbonyl (C=O) groups is 1. The number of para-hydroxylation sites is 2. The van der Waals surface area contributed by atoms with Gasteiger partial charge in [-0.3, -0.25) is 9.78 Å². The molecule has 5 heteroatoms. The fourth-order valence-electron chi connectivity index (χ4n) is 2.12. The maximum Gasteiger partial charge on any atom is 0.270 e. The Balaban J connectivity index is 2.20. The highest BCUT2D eigenvalue weighted by Gasteiger charge is 2.16. The van der Waals surface area contributed by atoms with Crippen LogP contribution in [0, 0.1) is 0 Å². The molecule has 0 aliphatic carbocycles. The lowest BCUT2D eigenvalue weighted by Crippen LogP contribution is -2.40. The van der Waals surface area contributed by atoms with E-state index in [9.17, 15) is 4.79 Å². The van der Waals surface area contributed by atoms with E-state index in [1.54, 1.807) is 12.3 Å². The lowest BCUT2D eigenvalue weighted by Gasteiger charge is -2.20. The van der Waals surface area contributed by atoms with Crippen LogP contribution in [0.5, 0.6) is 5.75 Å². The number of nitrogens with one attached hydrogen (secondary N) is 2. The van der Waals surface area contributed by atoms with E-state index in [-0.39, 0.29) is 17.6 Å². The Hall–Kier alpha value is -2.56. The summed E-state index contributed by atoms with van der Waals surface area (Å²) in [4.78, 5) is 16.4. The quantitative estimate of drug-likeness (QED) is 0.866. The van der Waals surface area contributed by atoms with Gasteiger partial charge in [-0.25, -0.2) is 0 Å². The molecule has 128 valence electrons. The van der Waals surface area contributed by atoms with E-state index in [4.69, 9.17) is 4.74 Å². The van der Waals surface area contributed by atoms with Gasteiger partial charge in [0.15, 0.2) is 0 Å². The van der Waals surface area contributed by atoms with Gasteiger partial charge in [0.05, 0.1) is 11.8 Å². The standard InChI is InChI=1S/C19H25N3O2/c1-13(2)24-17-9-7-6-8-15(17)21-14-10-11-20-16(12-14)18(23)22-19(3,4)5/h6-13H,1-5H3,(H,20,21)(H,22,23). The van der Waals surface area contributed by atoms with Gasteiger partial charge in [-0.05, 0) is 58.9 Å². The van der Waals surface area contributed by atoms with Gasteiger partial charge >= 0.3 is 0 Å². The van der Waals surface area contributed by atoms with Crippen LogP contribution in [-0.4, -0.2) is 22.5 Å². The number of carbonyl (C=O) groups excluding carboxylic acids is 1. The summed E-state index contributed by atoms with van der Waals surface area (Å²) in [6, 6.07) is 11.3. The van der Waals surface area contributed by atoms with Crippen molar-refractivity contribution < 1.29 is 9.53 Å². The fourth-order valence-corrected chi connectivity index (χ4v) is 2.12. The monoisotopic (exact) mass is 327 g/mol. The van der Waals surface area contributed by atoms with Gasteiger partial charge in [0, 0.05) is 17.4 Å². The van der Waals surface area contributed by atoms with Crippen molar-refractivity contribution in [2.24, 2.45) is 0 Å². The molecule has 1 aromatic carbocycles. The Bertz CT molecular complexity index is 706. The van der Waals surface area contributed by atoms with E-state index in [1.165, 1.54) is 0 Å². The van der Waals surface area contributed by atoms with Crippen molar-refractivity contribution in [3.05, 3.63) is 48.3 Å². The van der Waals surface area contributed by atoms with Gasteiger partial charge in [0.2, 0.25) is 0 Å². The van der Waals surface area contributed by atoms with Crippen molar-refractivity contribution >= 4 is 17.3 Å². The topological polar surface area (TPSA) is 63.2 Å². The Kier molecular flexibility index (Phi) is 5.44. The summed E-state index contributed by atoms with van der Waals surface area (Å²) in [6.45, 7) is 9.78. The average molecular weight is 327 g/mol. The highest BCUT2D eigenvalue weighted by atomic mass is 16.5. The second-order valence-electron chi connectivity index (χ2n) is 6.92. The van der Waals surface area contributed by atoms with Crippen LogP contribution in [0.2, 0.25) is 0 Å². The van der Waals surface area contributed by atoms with E-state index in [2.05, 4.69) is 15.6 Å². The summed E-state index contributed by atoms with van der Waals surface area (Å²) in [5.41, 5.74) is 1.69. The van der Waals surface area contributed by atoms with Crippen molar-refractivity contribution in [2.75, 3.05) is 5.32 Å². The fraction of sp³-hybridized carbons (Fsp3) is 0.368. The lowest BCUT2D eigenvalue weighted by atomic mass is 10.1. The summed E-state index contributed by atoms with van der Waals surface area (Å²) >= 11 is 0. The third-order valence-electron chi connectivity index (χ3n) is 3.01. The van der Waals surface area contributed by atoms with Crippen LogP contribution in [0.1, 0.15) is 45.1 Å². The number of aromatic nitrogens is 1. The zero-order valence-corrected chi connectivity index (χ0v) is 14.9. The number of amides is 1. The molecule has 5 nitrogen and oxygen atoms in total. The molecule has 1 aromatic heterocycles. The Morgan fingerprint density at radius 3 is 2.54 bits per heavy atom. The predicted octanol–water partition coefficient (Wildman–Crippen LogP) is 4.14. The maximum absolute atomic E-state index is 12.3. The maximum atomic E-state index is 12.3. The average Bonchev–Trinajstić information content (AvgIpc) is 2.47. The predicted molar refractivity (Wildman–Crippen MR) is 96.9 cm³/mol. The number of benzene rings is 1. The minimum atomic E-state index is -0.306. The number of anilines is 2. The summed E-state index contributed by atoms with van der Waals surface area (Å²) in [5, 5.41) is 6.20. The third kappa shape index (κ3) is 5.26. The van der Waals surface area contributed by atoms with Crippen LogP contribution in [0.15, 0.2) is 42.6 Å². The molecule has 2 aromatic rings. The van der Waals surface area contributed by atoms with Gasteiger partial charge in [-0.15, -0.1) is 0 Å². The largest absolute Gasteiger partial charge is 0.489 e. The molecule has 0 aliphatic rings. The minimum absolute atomic E-state index is 0.0820. The number of ether oxygens (including phenoxy) is 1. The molecular weight excluding hydrogens is 302 g/mol. The van der Waals surface area contributed by atoms with E-state index in [0.29, 0.717) is 5.69 Å². The highest BCUT2D eigenvalue weighted by molar-refractivity contribution is 5.93. The van der Waals surface area contributed by atoms with Gasteiger partial charge in [-0.2, -0.15) is 0 Å². The molecule has 0 radical (unpaired) electrons. The number of nitrogens with zero attached hydrogens (tertiary/aromatic N) is 1. The summed E-state index contributed by atoms with van der Waals surface area (Å²) < 4.78 is 5.80. The van der Waals surface area contributed by atoms with Crippen molar-refractivity contribution in [3.8, 4) is 5.75 Å². The second kappa shape index (κ2) is 7.34. The molecule has 2 rings (SSSR count). The van der Waals surface area contributed by atoms with E-state index in [1.807, 2.05) is 65.0 Å². The first kappa shape index (κ1) is 17.8. The Morgan fingerprint density at radius 2 is 1.88 bits per heavy atom. The Morgan fingerprint density at radius 1 is 1.17 bits per heavy atom. The van der Waals surface area contributed by atoms with Crippen LogP contribution in [0.25, 0.3) is 0 Å². The van der Waals surface area contributed by atoms with Crippen molar-refractivity contribution in [1.82, 2.24) is 10.3 Å². The number of hydrogen-bond donors (Lipinski definition) is 2. The van der Waals surface area contributed by atoms with Crippen LogP contribution in [0.4, 0.5) is 11.4 Å². The summed E-state index contributed by atoms with van der Waals surface area (Å²) in [5.74, 6) is 0.572. The zero-order valence-electron chi connectivity index (χ0n) is 14.9. The minimum Gasteiger partial charge on any atom is -0.489 e. The molecule has 0 aliphatic heterocycles. The first-order valence-corrected chi connectivity index (χ1v) is 8.06. The highest BCUT2D eigenvalue weighted by Crippen LogP contribution is 2.28. The van der Waals surface area contributed by atoms with Crippen molar-refractivity contribution in [2.45, 2.75) is 46.3 Å². The number of pyridine rings is 1. The molecule has 0 spiro atoms. The van der Waals surface area contributed by atoms with Crippen LogP contribution in [0.3, 0.4) is 0 Å². The van der Waals surface area contributed by atoms with E-state index < -0.39 is 0 Å². The van der Waals surface area contributed by atoms with Gasteiger partial charge < -0.3 is 15.4 Å². The van der Waals surface area contributed by atoms with Crippen LogP contribution >= 0.6 is 0 Å². The molecule has 1 heterocycles. The van der Waals surface area contributed by atoms with E-state index >= 15 is 0 Å². The molecule has 0 fully saturated rings. The molecule has 24 heavy (non-hydrogen) atoms. The number of hydrogen-bond acceptors (Lipinski definition) is 4. The summed E-state index contributed by atoms with van der Waals surface area (Å²) in [6.07, 6.45) is 1.70. The number of rotatable bonds is 5.